The number of hydrogen-bond acceptors (Lipinski definition) is 5. The van der Waals surface area contributed by atoms with E-state index in [9.17, 15) is 14.9 Å². The van der Waals surface area contributed by atoms with E-state index in [1.807, 2.05) is 0 Å². The van der Waals surface area contributed by atoms with Gasteiger partial charge in [-0.25, -0.2) is 0 Å². The smallest absolute Gasteiger partial charge is 0.270 e. The molecule has 0 aliphatic heterocycles. The quantitative estimate of drug-likeness (QED) is 0.469. The van der Waals surface area contributed by atoms with Crippen LogP contribution < -0.4 is 9.47 Å². The van der Waals surface area contributed by atoms with Crippen molar-refractivity contribution in [3.63, 3.8) is 0 Å². The number of ether oxygens (including phenoxy) is 2. The SMILES string of the molecule is COc1ccc(Oc2c(C)cc([N+](=O)[O-])cc2C)cc1C(C)=O. The molecule has 2 aromatic rings. The molecule has 0 amide bonds. The molecule has 0 fully saturated rings. The number of rotatable bonds is 5. The summed E-state index contributed by atoms with van der Waals surface area (Å²) >= 11 is 0. The molecule has 0 spiro atoms. The van der Waals surface area contributed by atoms with Crippen LogP contribution in [0.3, 0.4) is 0 Å². The van der Waals surface area contributed by atoms with E-state index in [-0.39, 0.29) is 11.5 Å². The molecule has 0 unspecified atom stereocenters. The molecule has 0 aliphatic rings. The maximum absolute atomic E-state index is 11.7. The number of benzene rings is 2. The van der Waals surface area contributed by atoms with E-state index in [0.717, 1.165) is 0 Å². The highest BCUT2D eigenvalue weighted by Crippen LogP contribution is 2.34. The minimum atomic E-state index is -0.439. The number of nitro groups is 1. The Morgan fingerprint density at radius 1 is 1.13 bits per heavy atom. The summed E-state index contributed by atoms with van der Waals surface area (Å²) in [4.78, 5) is 22.1. The van der Waals surface area contributed by atoms with Gasteiger partial charge in [0.2, 0.25) is 0 Å². The van der Waals surface area contributed by atoms with Gasteiger partial charge in [0.1, 0.15) is 17.2 Å². The molecule has 0 atom stereocenters. The van der Waals surface area contributed by atoms with E-state index in [2.05, 4.69) is 0 Å². The maximum Gasteiger partial charge on any atom is 0.270 e. The van der Waals surface area contributed by atoms with Crippen molar-refractivity contribution in [2.24, 2.45) is 0 Å². The molecule has 0 saturated heterocycles. The first-order valence-electron chi connectivity index (χ1n) is 6.96. The van der Waals surface area contributed by atoms with Gasteiger partial charge in [0.25, 0.3) is 5.69 Å². The van der Waals surface area contributed by atoms with E-state index < -0.39 is 4.92 Å². The Labute approximate surface area is 133 Å². The van der Waals surface area contributed by atoms with Gasteiger partial charge in [-0.15, -0.1) is 0 Å². The first kappa shape index (κ1) is 16.5. The van der Waals surface area contributed by atoms with Gasteiger partial charge in [0.15, 0.2) is 5.78 Å². The standard InChI is InChI=1S/C17H17NO5/c1-10-7-13(18(20)21)8-11(2)17(10)23-14-5-6-16(22-4)15(9-14)12(3)19/h5-9H,1-4H3. The van der Waals surface area contributed by atoms with E-state index in [1.165, 1.54) is 26.2 Å². The monoisotopic (exact) mass is 315 g/mol. The van der Waals surface area contributed by atoms with Gasteiger partial charge in [-0.05, 0) is 50.1 Å². The molecule has 0 saturated carbocycles. The van der Waals surface area contributed by atoms with Crippen LogP contribution >= 0.6 is 0 Å². The third-order valence-corrected chi connectivity index (χ3v) is 3.43. The molecule has 0 N–H and O–H groups in total. The number of non-ortho nitro benzene ring substituents is 1. The summed E-state index contributed by atoms with van der Waals surface area (Å²) in [7, 11) is 1.49. The van der Waals surface area contributed by atoms with Crippen molar-refractivity contribution < 1.29 is 19.2 Å². The lowest BCUT2D eigenvalue weighted by Gasteiger charge is -2.13. The first-order valence-corrected chi connectivity index (χ1v) is 6.96. The van der Waals surface area contributed by atoms with Crippen LogP contribution in [0.15, 0.2) is 30.3 Å². The third-order valence-electron chi connectivity index (χ3n) is 3.43. The Bertz CT molecular complexity index is 760. The van der Waals surface area contributed by atoms with Crippen LogP contribution in [-0.4, -0.2) is 17.8 Å². The lowest BCUT2D eigenvalue weighted by Crippen LogP contribution is -1.99. The van der Waals surface area contributed by atoms with Gasteiger partial charge in [0, 0.05) is 12.1 Å². The minimum Gasteiger partial charge on any atom is -0.496 e. The van der Waals surface area contributed by atoms with E-state index in [4.69, 9.17) is 9.47 Å². The molecule has 0 aliphatic carbocycles. The average molecular weight is 315 g/mol. The number of ketones is 1. The second-order valence-electron chi connectivity index (χ2n) is 5.19. The molecule has 0 radical (unpaired) electrons. The van der Waals surface area contributed by atoms with Crippen molar-refractivity contribution in [1.82, 2.24) is 0 Å². The lowest BCUT2D eigenvalue weighted by atomic mass is 10.1. The van der Waals surface area contributed by atoms with Crippen LogP contribution in [0.2, 0.25) is 0 Å². The molecule has 120 valence electrons. The summed E-state index contributed by atoms with van der Waals surface area (Å²) in [5.41, 5.74) is 1.74. The van der Waals surface area contributed by atoms with Crippen LogP contribution in [0.5, 0.6) is 17.2 Å². The second-order valence-corrected chi connectivity index (χ2v) is 5.19. The highest BCUT2D eigenvalue weighted by atomic mass is 16.6. The van der Waals surface area contributed by atoms with Gasteiger partial charge in [-0.2, -0.15) is 0 Å². The van der Waals surface area contributed by atoms with Crippen LogP contribution in [0.1, 0.15) is 28.4 Å². The normalized spacial score (nSPS) is 10.3. The van der Waals surface area contributed by atoms with E-state index in [1.54, 1.807) is 32.0 Å². The molecule has 0 aromatic heterocycles. The van der Waals surface area contributed by atoms with Crippen molar-refractivity contribution in [3.05, 3.63) is 57.1 Å². The summed E-state index contributed by atoms with van der Waals surface area (Å²) < 4.78 is 11.0. The Hall–Kier alpha value is -2.89. The Morgan fingerprint density at radius 2 is 1.74 bits per heavy atom. The number of nitrogens with zero attached hydrogens (tertiary/aromatic N) is 1. The molecule has 2 aromatic carbocycles. The summed E-state index contributed by atoms with van der Waals surface area (Å²) in [5, 5.41) is 10.9. The predicted octanol–water partition coefficient (Wildman–Crippen LogP) is 4.22. The largest absolute Gasteiger partial charge is 0.496 e. The predicted molar refractivity (Wildman–Crippen MR) is 85.6 cm³/mol. The van der Waals surface area contributed by atoms with E-state index >= 15 is 0 Å². The summed E-state index contributed by atoms with van der Waals surface area (Å²) in [6, 6.07) is 7.85. The Balaban J connectivity index is 2.42. The van der Waals surface area contributed by atoms with E-state index in [0.29, 0.717) is 33.9 Å². The maximum atomic E-state index is 11.7. The molecule has 23 heavy (non-hydrogen) atoms. The van der Waals surface area contributed by atoms with Crippen LogP contribution in [0, 0.1) is 24.0 Å². The fraction of sp³-hybridized carbons (Fsp3) is 0.235. The third kappa shape index (κ3) is 3.48. The molecular weight excluding hydrogens is 298 g/mol. The van der Waals surface area contributed by atoms with Crippen molar-refractivity contribution in [2.45, 2.75) is 20.8 Å². The van der Waals surface area contributed by atoms with Crippen molar-refractivity contribution in [3.8, 4) is 17.2 Å². The van der Waals surface area contributed by atoms with Crippen molar-refractivity contribution in [2.75, 3.05) is 7.11 Å². The number of nitro benzene ring substituents is 1. The van der Waals surface area contributed by atoms with Crippen LogP contribution in [0.4, 0.5) is 5.69 Å². The molecule has 6 nitrogen and oxygen atoms in total. The first-order chi connectivity index (χ1) is 10.8. The Kier molecular flexibility index (Phi) is 4.64. The molecule has 0 bridgehead atoms. The number of hydrogen-bond donors (Lipinski definition) is 0. The Morgan fingerprint density at radius 3 is 2.22 bits per heavy atom. The molecule has 6 heteroatoms. The molecular formula is C17H17NO5. The van der Waals surface area contributed by atoms with Gasteiger partial charge in [-0.3, -0.25) is 14.9 Å². The number of carbonyl (C=O) groups excluding carboxylic acids is 1. The fourth-order valence-corrected chi connectivity index (χ4v) is 2.34. The zero-order chi connectivity index (χ0) is 17.1. The van der Waals surface area contributed by atoms with Crippen LogP contribution in [-0.2, 0) is 0 Å². The highest BCUT2D eigenvalue weighted by Gasteiger charge is 2.15. The second kappa shape index (κ2) is 6.48. The highest BCUT2D eigenvalue weighted by molar-refractivity contribution is 5.97. The van der Waals surface area contributed by atoms with Crippen LogP contribution in [0.25, 0.3) is 0 Å². The summed E-state index contributed by atoms with van der Waals surface area (Å²) in [6.45, 7) is 4.93. The average Bonchev–Trinajstić information content (AvgIpc) is 2.50. The van der Waals surface area contributed by atoms with Gasteiger partial charge >= 0.3 is 0 Å². The van der Waals surface area contributed by atoms with Crippen molar-refractivity contribution in [1.29, 1.82) is 0 Å². The fourth-order valence-electron chi connectivity index (χ4n) is 2.34. The number of Topliss-reactive ketones (excluding diaryl/α,β-unsaturated/α-hetero) is 1. The topological polar surface area (TPSA) is 78.7 Å². The molecule has 0 heterocycles. The number of methoxy groups -OCH3 is 1. The summed E-state index contributed by atoms with van der Waals surface area (Å²) in [5.74, 6) is 1.35. The lowest BCUT2D eigenvalue weighted by molar-refractivity contribution is -0.385. The van der Waals surface area contributed by atoms with Gasteiger partial charge in [0.05, 0.1) is 17.6 Å². The summed E-state index contributed by atoms with van der Waals surface area (Å²) in [6.07, 6.45) is 0. The molecule has 2 rings (SSSR count). The minimum absolute atomic E-state index is 0.0199. The number of carbonyl (C=O) groups is 1. The zero-order valence-electron chi connectivity index (χ0n) is 13.4. The number of aryl methyl sites for hydroxylation is 2. The van der Waals surface area contributed by atoms with Crippen molar-refractivity contribution >= 4 is 11.5 Å². The van der Waals surface area contributed by atoms with Gasteiger partial charge in [-0.1, -0.05) is 0 Å². The van der Waals surface area contributed by atoms with Gasteiger partial charge < -0.3 is 9.47 Å². The zero-order valence-corrected chi connectivity index (χ0v) is 13.4.